The number of aromatic nitrogens is 1. The monoisotopic (exact) mass is 425 g/mol. The van der Waals surface area contributed by atoms with Gasteiger partial charge in [-0.1, -0.05) is 6.07 Å². The Balaban J connectivity index is 1.52. The standard InChI is InChI=1S/C21H19N3O5S/c1-28-18-6-4-14(9-19(18)29-2)21-22-15(12-30-21)10-20(25)23-8-7-13-3-5-16(24(26)27)11-17(13)23/h3-6,9,11-12H,7-8,10H2,1-2H3. The smallest absolute Gasteiger partial charge is 0.271 e. The summed E-state index contributed by atoms with van der Waals surface area (Å²) in [5.41, 5.74) is 3.08. The Morgan fingerprint density at radius 1 is 1.20 bits per heavy atom. The van der Waals surface area contributed by atoms with Gasteiger partial charge in [-0.05, 0) is 30.2 Å². The Hall–Kier alpha value is -3.46. The first-order valence-corrected chi connectivity index (χ1v) is 10.1. The number of anilines is 1. The first kappa shape index (κ1) is 19.8. The van der Waals surface area contributed by atoms with Crippen LogP contribution in [0.15, 0.2) is 41.8 Å². The molecule has 0 spiro atoms. The maximum atomic E-state index is 12.9. The quantitative estimate of drug-likeness (QED) is 0.440. The summed E-state index contributed by atoms with van der Waals surface area (Å²) >= 11 is 1.44. The van der Waals surface area contributed by atoms with E-state index in [1.807, 2.05) is 23.6 Å². The summed E-state index contributed by atoms with van der Waals surface area (Å²) in [5, 5.41) is 13.7. The van der Waals surface area contributed by atoms with Crippen LogP contribution in [-0.4, -0.2) is 36.6 Å². The van der Waals surface area contributed by atoms with Gasteiger partial charge in [0.05, 0.1) is 36.9 Å². The lowest BCUT2D eigenvalue weighted by molar-refractivity contribution is -0.384. The summed E-state index contributed by atoms with van der Waals surface area (Å²) in [7, 11) is 3.15. The maximum absolute atomic E-state index is 12.9. The van der Waals surface area contributed by atoms with Gasteiger partial charge in [0.2, 0.25) is 5.91 Å². The number of ether oxygens (including phenoxy) is 2. The molecule has 2 aromatic carbocycles. The van der Waals surface area contributed by atoms with E-state index in [0.29, 0.717) is 35.8 Å². The number of thiazole rings is 1. The number of nitro benzene ring substituents is 1. The SMILES string of the molecule is COc1ccc(-c2nc(CC(=O)N3CCc4ccc([N+](=O)[O-])cc43)cs2)cc1OC. The minimum absolute atomic E-state index is 0.0159. The van der Waals surface area contributed by atoms with Crippen molar-refractivity contribution < 1.29 is 19.2 Å². The largest absolute Gasteiger partial charge is 0.493 e. The van der Waals surface area contributed by atoms with E-state index >= 15 is 0 Å². The topological polar surface area (TPSA) is 94.8 Å². The number of methoxy groups -OCH3 is 2. The van der Waals surface area contributed by atoms with Crippen molar-refractivity contribution in [2.75, 3.05) is 25.7 Å². The van der Waals surface area contributed by atoms with E-state index in [4.69, 9.17) is 9.47 Å². The highest BCUT2D eigenvalue weighted by Gasteiger charge is 2.27. The van der Waals surface area contributed by atoms with E-state index in [0.717, 1.165) is 16.1 Å². The van der Waals surface area contributed by atoms with Crippen molar-refractivity contribution in [3.63, 3.8) is 0 Å². The number of nitro groups is 1. The van der Waals surface area contributed by atoms with Crippen molar-refractivity contribution in [2.24, 2.45) is 0 Å². The molecule has 1 aliphatic heterocycles. The van der Waals surface area contributed by atoms with Crippen LogP contribution in [0.4, 0.5) is 11.4 Å². The van der Waals surface area contributed by atoms with Gasteiger partial charge in [0, 0.05) is 29.6 Å². The fourth-order valence-electron chi connectivity index (χ4n) is 3.48. The highest BCUT2D eigenvalue weighted by Crippen LogP contribution is 2.35. The first-order chi connectivity index (χ1) is 14.5. The number of hydrogen-bond acceptors (Lipinski definition) is 7. The van der Waals surface area contributed by atoms with Crippen LogP contribution < -0.4 is 14.4 Å². The highest BCUT2D eigenvalue weighted by atomic mass is 32.1. The predicted octanol–water partition coefficient (Wildman–Crippen LogP) is 3.87. The van der Waals surface area contributed by atoms with Gasteiger partial charge >= 0.3 is 0 Å². The number of amides is 1. The third kappa shape index (κ3) is 3.71. The van der Waals surface area contributed by atoms with E-state index < -0.39 is 4.92 Å². The summed E-state index contributed by atoms with van der Waals surface area (Å²) in [6.07, 6.45) is 0.818. The molecule has 0 bridgehead atoms. The van der Waals surface area contributed by atoms with E-state index in [1.165, 1.54) is 23.5 Å². The van der Waals surface area contributed by atoms with E-state index in [2.05, 4.69) is 4.98 Å². The molecule has 1 amide bonds. The third-order valence-electron chi connectivity index (χ3n) is 4.99. The molecule has 0 N–H and O–H groups in total. The number of rotatable bonds is 6. The molecule has 8 nitrogen and oxygen atoms in total. The Bertz CT molecular complexity index is 1130. The molecule has 154 valence electrons. The number of carbonyl (C=O) groups is 1. The van der Waals surface area contributed by atoms with Gasteiger partial charge < -0.3 is 14.4 Å². The van der Waals surface area contributed by atoms with Gasteiger partial charge in [0.1, 0.15) is 5.01 Å². The molecule has 2 heterocycles. The summed E-state index contributed by atoms with van der Waals surface area (Å²) < 4.78 is 10.6. The summed E-state index contributed by atoms with van der Waals surface area (Å²) in [4.78, 5) is 29.7. The number of hydrogen-bond donors (Lipinski definition) is 0. The van der Waals surface area contributed by atoms with Crippen molar-refractivity contribution >= 4 is 28.6 Å². The molecule has 0 fully saturated rings. The summed E-state index contributed by atoms with van der Waals surface area (Å²) in [5.74, 6) is 1.12. The normalized spacial score (nSPS) is 12.5. The number of carbonyl (C=O) groups excluding carboxylic acids is 1. The van der Waals surface area contributed by atoms with Crippen LogP contribution in [0, 0.1) is 10.1 Å². The molecular formula is C21H19N3O5S. The molecular weight excluding hydrogens is 406 g/mol. The van der Waals surface area contributed by atoms with Gasteiger partial charge in [0.25, 0.3) is 5.69 Å². The molecule has 0 atom stereocenters. The summed E-state index contributed by atoms with van der Waals surface area (Å²) in [6, 6.07) is 10.2. The fraction of sp³-hybridized carbons (Fsp3) is 0.238. The minimum atomic E-state index is -0.447. The number of non-ortho nitro benzene ring substituents is 1. The number of fused-ring (bicyclic) bond motifs is 1. The molecule has 1 aromatic heterocycles. The van der Waals surface area contributed by atoms with E-state index in [9.17, 15) is 14.9 Å². The van der Waals surface area contributed by atoms with Gasteiger partial charge in [-0.2, -0.15) is 0 Å². The van der Waals surface area contributed by atoms with Gasteiger partial charge in [-0.15, -0.1) is 11.3 Å². The Kier molecular flexibility index (Phi) is 5.37. The fourth-order valence-corrected chi connectivity index (χ4v) is 4.30. The molecule has 0 unspecified atom stereocenters. The van der Waals surface area contributed by atoms with Crippen molar-refractivity contribution in [3.05, 3.63) is 63.1 Å². The van der Waals surface area contributed by atoms with Gasteiger partial charge in [-0.3, -0.25) is 14.9 Å². The minimum Gasteiger partial charge on any atom is -0.493 e. The lowest BCUT2D eigenvalue weighted by Crippen LogP contribution is -2.30. The lowest BCUT2D eigenvalue weighted by Gasteiger charge is -2.16. The van der Waals surface area contributed by atoms with Crippen molar-refractivity contribution in [2.45, 2.75) is 12.8 Å². The number of benzene rings is 2. The zero-order valence-electron chi connectivity index (χ0n) is 16.5. The van der Waals surface area contributed by atoms with Crippen LogP contribution in [0.1, 0.15) is 11.3 Å². The molecule has 30 heavy (non-hydrogen) atoms. The van der Waals surface area contributed by atoms with E-state index in [1.54, 1.807) is 25.2 Å². The molecule has 9 heteroatoms. The Labute approximate surface area is 176 Å². The Morgan fingerprint density at radius 3 is 2.73 bits per heavy atom. The van der Waals surface area contributed by atoms with Crippen LogP contribution in [0.2, 0.25) is 0 Å². The van der Waals surface area contributed by atoms with Crippen LogP contribution in [0.3, 0.4) is 0 Å². The molecule has 1 aliphatic rings. The molecule has 0 aliphatic carbocycles. The second-order valence-corrected chi connectivity index (χ2v) is 7.61. The van der Waals surface area contributed by atoms with Gasteiger partial charge in [-0.25, -0.2) is 4.98 Å². The van der Waals surface area contributed by atoms with Crippen molar-refractivity contribution in [1.82, 2.24) is 4.98 Å². The first-order valence-electron chi connectivity index (χ1n) is 9.24. The molecule has 3 aromatic rings. The highest BCUT2D eigenvalue weighted by molar-refractivity contribution is 7.13. The molecule has 0 radical (unpaired) electrons. The average molecular weight is 425 g/mol. The predicted molar refractivity (Wildman–Crippen MR) is 114 cm³/mol. The van der Waals surface area contributed by atoms with Crippen molar-refractivity contribution in [3.8, 4) is 22.1 Å². The maximum Gasteiger partial charge on any atom is 0.271 e. The average Bonchev–Trinajstić information content (AvgIpc) is 3.39. The molecule has 4 rings (SSSR count). The van der Waals surface area contributed by atoms with Gasteiger partial charge in [0.15, 0.2) is 11.5 Å². The second-order valence-electron chi connectivity index (χ2n) is 6.76. The second kappa shape index (κ2) is 8.11. The number of nitrogens with zero attached hydrogens (tertiary/aromatic N) is 3. The zero-order chi connectivity index (χ0) is 21.3. The third-order valence-corrected chi connectivity index (χ3v) is 5.93. The van der Waals surface area contributed by atoms with Crippen LogP contribution in [-0.2, 0) is 17.6 Å². The Morgan fingerprint density at radius 2 is 2.00 bits per heavy atom. The summed E-state index contributed by atoms with van der Waals surface area (Å²) in [6.45, 7) is 0.516. The zero-order valence-corrected chi connectivity index (χ0v) is 17.3. The van der Waals surface area contributed by atoms with E-state index in [-0.39, 0.29) is 18.0 Å². The van der Waals surface area contributed by atoms with Crippen LogP contribution in [0.25, 0.3) is 10.6 Å². The molecule has 0 saturated carbocycles. The van der Waals surface area contributed by atoms with Crippen LogP contribution in [0.5, 0.6) is 11.5 Å². The van der Waals surface area contributed by atoms with Crippen molar-refractivity contribution in [1.29, 1.82) is 0 Å². The lowest BCUT2D eigenvalue weighted by atomic mass is 10.1. The van der Waals surface area contributed by atoms with Crippen LogP contribution >= 0.6 is 11.3 Å². The molecule has 0 saturated heterocycles.